The van der Waals surface area contributed by atoms with Crippen molar-refractivity contribution in [2.45, 2.75) is 59.5 Å². The maximum atomic E-state index is 13.5. The minimum absolute atomic E-state index is 0. The molecular formula is C10H22F2. The monoisotopic (exact) mass is 180 g/mol. The van der Waals surface area contributed by atoms with Gasteiger partial charge in [-0.05, 0) is 25.7 Å². The molecule has 0 heterocycles. The summed E-state index contributed by atoms with van der Waals surface area (Å²) >= 11 is 0. The van der Waals surface area contributed by atoms with Gasteiger partial charge in [-0.15, -0.1) is 0 Å². The molecule has 0 bridgehead atoms. The number of hydrogen-bond acceptors (Lipinski definition) is 0. The molecule has 0 aliphatic carbocycles. The molecule has 0 atom stereocenters. The molecule has 0 unspecified atom stereocenters. The normalized spacial score (nSPS) is 12.5. The molecule has 0 spiro atoms. The van der Waals surface area contributed by atoms with E-state index in [9.17, 15) is 4.39 Å². The van der Waals surface area contributed by atoms with Gasteiger partial charge in [0.1, 0.15) is 5.67 Å². The molecule has 0 saturated carbocycles. The molecule has 0 saturated heterocycles. The Morgan fingerprint density at radius 1 is 1.08 bits per heavy atom. The maximum Gasteiger partial charge on any atom is 0.110 e. The summed E-state index contributed by atoms with van der Waals surface area (Å²) in [5.41, 5.74) is -1.23. The second-order valence-corrected chi connectivity index (χ2v) is 4.46. The van der Waals surface area contributed by atoms with E-state index in [1.54, 1.807) is 13.8 Å². The molecule has 0 aromatic carbocycles. The third-order valence-electron chi connectivity index (χ3n) is 2.76. The Morgan fingerprint density at radius 2 is 1.50 bits per heavy atom. The van der Waals surface area contributed by atoms with Crippen molar-refractivity contribution in [1.29, 1.82) is 0 Å². The Hall–Kier alpha value is -0.140. The quantitative estimate of drug-likeness (QED) is 0.611. The van der Waals surface area contributed by atoms with Crippen molar-refractivity contribution in [2.75, 3.05) is 0 Å². The van der Waals surface area contributed by atoms with Crippen LogP contribution in [0.3, 0.4) is 0 Å². The summed E-state index contributed by atoms with van der Waals surface area (Å²) in [6.45, 7) is 9.48. The van der Waals surface area contributed by atoms with E-state index in [-0.39, 0.29) is 10.1 Å². The van der Waals surface area contributed by atoms with Gasteiger partial charge < -0.3 is 0 Å². The number of halogens is 2. The predicted octanol–water partition coefficient (Wildman–Crippen LogP) is 4.10. The van der Waals surface area contributed by atoms with Crippen LogP contribution in [0.15, 0.2) is 0 Å². The molecule has 0 nitrogen and oxygen atoms in total. The van der Waals surface area contributed by atoms with Gasteiger partial charge in [-0.1, -0.05) is 33.6 Å². The largest absolute Gasteiger partial charge is 0.269 e. The first-order valence-corrected chi connectivity index (χ1v) is 4.50. The Morgan fingerprint density at radius 3 is 1.75 bits per heavy atom. The van der Waals surface area contributed by atoms with Crippen molar-refractivity contribution >= 4 is 0 Å². The zero-order valence-electron chi connectivity index (χ0n) is 8.91. The van der Waals surface area contributed by atoms with Crippen molar-refractivity contribution in [2.24, 2.45) is 5.41 Å². The summed E-state index contributed by atoms with van der Waals surface area (Å²) in [6, 6.07) is 0. The highest BCUT2D eigenvalue weighted by atomic mass is 19.1. The van der Waals surface area contributed by atoms with E-state index in [0.29, 0.717) is 0 Å². The van der Waals surface area contributed by atoms with Gasteiger partial charge in [-0.2, -0.15) is 0 Å². The van der Waals surface area contributed by atoms with E-state index >= 15 is 0 Å². The average molecular weight is 180 g/mol. The van der Waals surface area contributed by atoms with Gasteiger partial charge in [0, 0.05) is 0 Å². The molecule has 0 rings (SSSR count). The summed E-state index contributed by atoms with van der Waals surface area (Å²) in [6.07, 6.45) is 3.26. The van der Waals surface area contributed by atoms with Gasteiger partial charge in [0.15, 0.2) is 0 Å². The fourth-order valence-electron chi connectivity index (χ4n) is 0.916. The molecule has 12 heavy (non-hydrogen) atoms. The van der Waals surface area contributed by atoms with Crippen molar-refractivity contribution in [1.82, 2.24) is 0 Å². The Labute approximate surface area is 74.9 Å². The van der Waals surface area contributed by atoms with Gasteiger partial charge in [0.05, 0.1) is 0 Å². The van der Waals surface area contributed by atoms with Crippen LogP contribution in [0.4, 0.5) is 9.09 Å². The number of alkyl halides is 1. The van der Waals surface area contributed by atoms with E-state index in [1.165, 1.54) is 0 Å². The van der Waals surface area contributed by atoms with E-state index in [4.69, 9.17) is 0 Å². The summed E-state index contributed by atoms with van der Waals surface area (Å²) in [5, 5.41) is 0. The molecule has 76 valence electrons. The first-order chi connectivity index (χ1) is 4.81. The third kappa shape index (κ3) is 4.03. The molecule has 0 amide bonds. The molecule has 0 aliphatic rings. The molecule has 0 aliphatic heterocycles. The first kappa shape index (κ1) is 14.4. The van der Waals surface area contributed by atoms with E-state index in [2.05, 4.69) is 6.92 Å². The van der Waals surface area contributed by atoms with E-state index in [1.807, 2.05) is 13.8 Å². The summed E-state index contributed by atoms with van der Waals surface area (Å²) in [7, 11) is 0. The third-order valence-corrected chi connectivity index (χ3v) is 2.76. The van der Waals surface area contributed by atoms with Crippen LogP contribution in [0.2, 0.25) is 0 Å². The zero-order valence-corrected chi connectivity index (χ0v) is 8.91. The highest BCUT2D eigenvalue weighted by Gasteiger charge is 2.35. The summed E-state index contributed by atoms with van der Waals surface area (Å²) in [4.78, 5) is 0. The summed E-state index contributed by atoms with van der Waals surface area (Å²) in [5.74, 6) is 0. The van der Waals surface area contributed by atoms with Crippen molar-refractivity contribution in [3.8, 4) is 0 Å². The van der Waals surface area contributed by atoms with Crippen molar-refractivity contribution in [3.63, 3.8) is 0 Å². The van der Waals surface area contributed by atoms with Crippen LogP contribution < -0.4 is 0 Å². The Kier molecular flexibility index (Phi) is 5.73. The second-order valence-electron chi connectivity index (χ2n) is 4.46. The van der Waals surface area contributed by atoms with E-state index in [0.717, 1.165) is 19.3 Å². The highest BCUT2D eigenvalue weighted by molar-refractivity contribution is 4.85. The fourth-order valence-corrected chi connectivity index (χ4v) is 0.916. The Bertz CT molecular complexity index is 111. The molecule has 0 aromatic rings. The minimum Gasteiger partial charge on any atom is -0.269 e. The smallest absolute Gasteiger partial charge is 0.110 e. The van der Waals surface area contributed by atoms with E-state index < -0.39 is 5.67 Å². The van der Waals surface area contributed by atoms with Gasteiger partial charge in [-0.25, -0.2) is 4.39 Å². The lowest BCUT2D eigenvalue weighted by atomic mass is 9.75. The molecule has 0 radical (unpaired) electrons. The van der Waals surface area contributed by atoms with Crippen LogP contribution in [-0.2, 0) is 0 Å². The lowest BCUT2D eigenvalue weighted by Gasteiger charge is -2.35. The first-order valence-electron chi connectivity index (χ1n) is 4.50. The van der Waals surface area contributed by atoms with Crippen LogP contribution in [-0.4, -0.2) is 5.67 Å². The number of unbranched alkanes of at least 4 members (excludes halogenated alkanes) is 1. The van der Waals surface area contributed by atoms with Gasteiger partial charge in [-0.3, -0.25) is 4.70 Å². The van der Waals surface area contributed by atoms with Gasteiger partial charge >= 0.3 is 0 Å². The minimum atomic E-state index is -1.05. The average Bonchev–Trinajstić information content (AvgIpc) is 1.81. The molecule has 0 fully saturated rings. The van der Waals surface area contributed by atoms with Crippen LogP contribution in [0.1, 0.15) is 53.9 Å². The van der Waals surface area contributed by atoms with Gasteiger partial charge in [0.25, 0.3) is 0 Å². The topological polar surface area (TPSA) is 0 Å². The predicted molar refractivity (Wildman–Crippen MR) is 51.0 cm³/mol. The highest BCUT2D eigenvalue weighted by Crippen LogP contribution is 2.38. The molecule has 0 aromatic heterocycles. The fraction of sp³-hybridized carbons (Fsp3) is 1.00. The van der Waals surface area contributed by atoms with Crippen molar-refractivity contribution < 1.29 is 9.09 Å². The van der Waals surface area contributed by atoms with Crippen LogP contribution in [0.25, 0.3) is 0 Å². The SMILES string of the molecule is CCCCC(C)(C)C(C)(C)F.F. The lowest BCUT2D eigenvalue weighted by Crippen LogP contribution is -2.34. The summed E-state index contributed by atoms with van der Waals surface area (Å²) < 4.78 is 13.5. The lowest BCUT2D eigenvalue weighted by molar-refractivity contribution is 0.0435. The maximum absolute atomic E-state index is 13.5. The molecule has 0 N–H and O–H groups in total. The van der Waals surface area contributed by atoms with Crippen LogP contribution in [0.5, 0.6) is 0 Å². The molecular weight excluding hydrogens is 158 g/mol. The van der Waals surface area contributed by atoms with Crippen LogP contribution in [0, 0.1) is 5.41 Å². The van der Waals surface area contributed by atoms with Gasteiger partial charge in [0.2, 0.25) is 0 Å². The molecule has 2 heteroatoms. The van der Waals surface area contributed by atoms with Crippen LogP contribution >= 0.6 is 0 Å². The Balaban J connectivity index is 0. The standard InChI is InChI=1S/C10H21F.FH/c1-6-7-8-9(2,3)10(4,5)11;/h6-8H2,1-5H3;1H. The second kappa shape index (κ2) is 4.78. The number of rotatable bonds is 4. The number of hydrogen-bond donors (Lipinski definition) is 0. The zero-order chi connectivity index (χ0) is 9.12. The van der Waals surface area contributed by atoms with Crippen molar-refractivity contribution in [3.05, 3.63) is 0 Å².